The summed E-state index contributed by atoms with van der Waals surface area (Å²) in [6, 6.07) is 21.5. The normalized spacial score (nSPS) is 10.4. The molecule has 0 aliphatic heterocycles. The lowest BCUT2D eigenvalue weighted by atomic mass is 10.1. The number of anilines is 2. The molecule has 0 aliphatic carbocycles. The fraction of sp³-hybridized carbons (Fsp3) is 0. The zero-order valence-corrected chi connectivity index (χ0v) is 10.8. The van der Waals surface area contributed by atoms with Gasteiger partial charge in [-0.05, 0) is 41.1 Å². The van der Waals surface area contributed by atoms with Crippen molar-refractivity contribution in [1.29, 1.82) is 0 Å². The summed E-state index contributed by atoms with van der Waals surface area (Å²) < 4.78 is 0. The van der Waals surface area contributed by atoms with Crippen LogP contribution in [0.5, 0.6) is 0 Å². The highest BCUT2D eigenvalue weighted by Gasteiger charge is 2.02. The Hall–Kier alpha value is -2.81. The number of rotatable bonds is 3. The van der Waals surface area contributed by atoms with Crippen LogP contribution in [0.15, 0.2) is 66.7 Å². The van der Waals surface area contributed by atoms with E-state index in [-0.39, 0.29) is 0 Å². The van der Waals surface area contributed by atoms with Crippen molar-refractivity contribution < 1.29 is 4.79 Å². The second kappa shape index (κ2) is 5.05. The summed E-state index contributed by atoms with van der Waals surface area (Å²) in [5.74, 6) is -0.424. The van der Waals surface area contributed by atoms with Gasteiger partial charge in [-0.1, -0.05) is 36.4 Å². The van der Waals surface area contributed by atoms with E-state index in [1.165, 1.54) is 10.8 Å². The van der Waals surface area contributed by atoms with Crippen LogP contribution in [-0.2, 0) is 0 Å². The number of nitrogens with one attached hydrogen (secondary N) is 1. The smallest absolute Gasteiger partial charge is 0.248 e. The second-order valence-electron chi connectivity index (χ2n) is 4.63. The average molecular weight is 262 g/mol. The zero-order chi connectivity index (χ0) is 13.9. The molecule has 0 aliphatic rings. The molecule has 0 heterocycles. The summed E-state index contributed by atoms with van der Waals surface area (Å²) in [4.78, 5) is 11.2. The first-order chi connectivity index (χ1) is 9.72. The number of amides is 1. The lowest BCUT2D eigenvalue weighted by molar-refractivity contribution is 0.100. The maximum atomic E-state index is 11.2. The van der Waals surface area contributed by atoms with Crippen molar-refractivity contribution in [2.75, 3.05) is 5.32 Å². The van der Waals surface area contributed by atoms with E-state index in [9.17, 15) is 4.79 Å². The van der Waals surface area contributed by atoms with Crippen LogP contribution in [0.2, 0.25) is 0 Å². The van der Waals surface area contributed by atoms with E-state index < -0.39 is 5.91 Å². The van der Waals surface area contributed by atoms with Gasteiger partial charge in [-0.25, -0.2) is 0 Å². The molecule has 0 unspecified atom stereocenters. The van der Waals surface area contributed by atoms with Crippen LogP contribution >= 0.6 is 0 Å². The predicted molar refractivity (Wildman–Crippen MR) is 82.2 cm³/mol. The first kappa shape index (κ1) is 12.2. The quantitative estimate of drug-likeness (QED) is 0.756. The molecular formula is C17H14N2O. The maximum Gasteiger partial charge on any atom is 0.248 e. The first-order valence-electron chi connectivity index (χ1n) is 6.38. The van der Waals surface area contributed by atoms with Crippen LogP contribution in [0.4, 0.5) is 11.4 Å². The van der Waals surface area contributed by atoms with Gasteiger partial charge in [-0.15, -0.1) is 0 Å². The first-order valence-corrected chi connectivity index (χ1v) is 6.38. The minimum Gasteiger partial charge on any atom is -0.366 e. The Balaban J connectivity index is 1.92. The molecule has 0 atom stereocenters. The highest BCUT2D eigenvalue weighted by atomic mass is 16.1. The average Bonchev–Trinajstić information content (AvgIpc) is 2.47. The predicted octanol–water partition coefficient (Wildman–Crippen LogP) is 3.68. The van der Waals surface area contributed by atoms with Crippen LogP contribution < -0.4 is 11.1 Å². The SMILES string of the molecule is NC(=O)c1cccc(Nc2ccc3ccccc3c2)c1. The topological polar surface area (TPSA) is 55.1 Å². The summed E-state index contributed by atoms with van der Waals surface area (Å²) in [6.45, 7) is 0. The summed E-state index contributed by atoms with van der Waals surface area (Å²) in [6.07, 6.45) is 0. The second-order valence-corrected chi connectivity index (χ2v) is 4.63. The van der Waals surface area contributed by atoms with Crippen LogP contribution in [0, 0.1) is 0 Å². The van der Waals surface area contributed by atoms with Crippen molar-refractivity contribution in [3.63, 3.8) is 0 Å². The van der Waals surface area contributed by atoms with E-state index in [1.54, 1.807) is 12.1 Å². The Bertz CT molecular complexity index is 781. The number of carbonyl (C=O) groups is 1. The van der Waals surface area contributed by atoms with E-state index in [0.717, 1.165) is 11.4 Å². The molecule has 1 amide bonds. The minimum absolute atomic E-state index is 0.424. The molecule has 0 radical (unpaired) electrons. The summed E-state index contributed by atoms with van der Waals surface area (Å²) >= 11 is 0. The van der Waals surface area contributed by atoms with Gasteiger partial charge in [0.25, 0.3) is 0 Å². The van der Waals surface area contributed by atoms with Crippen molar-refractivity contribution in [3.05, 3.63) is 72.3 Å². The molecule has 3 nitrogen and oxygen atoms in total. The molecule has 0 bridgehead atoms. The van der Waals surface area contributed by atoms with E-state index in [1.807, 2.05) is 30.3 Å². The molecule has 0 fully saturated rings. The number of nitrogens with two attached hydrogens (primary N) is 1. The molecule has 3 aromatic rings. The van der Waals surface area contributed by atoms with Crippen LogP contribution in [-0.4, -0.2) is 5.91 Å². The molecule has 0 aromatic heterocycles. The van der Waals surface area contributed by atoms with Gasteiger partial charge >= 0.3 is 0 Å². The Morgan fingerprint density at radius 2 is 1.55 bits per heavy atom. The minimum atomic E-state index is -0.424. The lowest BCUT2D eigenvalue weighted by Crippen LogP contribution is -2.10. The molecule has 3 heteroatoms. The summed E-state index contributed by atoms with van der Waals surface area (Å²) in [7, 11) is 0. The molecule has 0 saturated heterocycles. The van der Waals surface area contributed by atoms with Gasteiger partial charge in [0.15, 0.2) is 0 Å². The summed E-state index contributed by atoms with van der Waals surface area (Å²) in [5, 5.41) is 5.65. The van der Waals surface area contributed by atoms with E-state index in [4.69, 9.17) is 5.73 Å². The largest absolute Gasteiger partial charge is 0.366 e. The van der Waals surface area contributed by atoms with E-state index in [2.05, 4.69) is 29.6 Å². The molecular weight excluding hydrogens is 248 g/mol. The van der Waals surface area contributed by atoms with Gasteiger partial charge in [-0.3, -0.25) is 4.79 Å². The lowest BCUT2D eigenvalue weighted by Gasteiger charge is -2.08. The van der Waals surface area contributed by atoms with Gasteiger partial charge in [0.05, 0.1) is 0 Å². The molecule has 20 heavy (non-hydrogen) atoms. The molecule has 98 valence electrons. The number of fused-ring (bicyclic) bond motifs is 1. The molecule has 3 rings (SSSR count). The third kappa shape index (κ3) is 2.47. The van der Waals surface area contributed by atoms with Crippen molar-refractivity contribution in [2.24, 2.45) is 5.73 Å². The van der Waals surface area contributed by atoms with Crippen LogP contribution in [0.1, 0.15) is 10.4 Å². The molecule has 3 aromatic carbocycles. The maximum absolute atomic E-state index is 11.2. The molecule has 0 spiro atoms. The fourth-order valence-corrected chi connectivity index (χ4v) is 2.18. The number of primary amides is 1. The summed E-state index contributed by atoms with van der Waals surface area (Å²) in [5.41, 5.74) is 7.60. The Morgan fingerprint density at radius 1 is 0.800 bits per heavy atom. The Kier molecular flexibility index (Phi) is 3.09. The zero-order valence-electron chi connectivity index (χ0n) is 10.8. The molecule has 3 N–H and O–H groups in total. The van der Waals surface area contributed by atoms with Gasteiger partial charge in [0.2, 0.25) is 5.91 Å². The van der Waals surface area contributed by atoms with Gasteiger partial charge in [0.1, 0.15) is 0 Å². The molecule has 0 saturated carbocycles. The number of benzene rings is 3. The van der Waals surface area contributed by atoms with E-state index >= 15 is 0 Å². The van der Waals surface area contributed by atoms with Gasteiger partial charge in [0, 0.05) is 16.9 Å². The van der Waals surface area contributed by atoms with Crippen LogP contribution in [0.3, 0.4) is 0 Å². The van der Waals surface area contributed by atoms with Gasteiger partial charge in [-0.2, -0.15) is 0 Å². The highest BCUT2D eigenvalue weighted by Crippen LogP contribution is 2.22. The monoisotopic (exact) mass is 262 g/mol. The number of hydrogen-bond acceptors (Lipinski definition) is 2. The standard InChI is InChI=1S/C17H14N2O/c18-17(20)14-6-3-7-15(11-14)19-16-9-8-12-4-1-2-5-13(12)10-16/h1-11,19H,(H2,18,20). The van der Waals surface area contributed by atoms with Gasteiger partial charge < -0.3 is 11.1 Å². The number of hydrogen-bond donors (Lipinski definition) is 2. The van der Waals surface area contributed by atoms with Crippen LogP contribution in [0.25, 0.3) is 10.8 Å². The van der Waals surface area contributed by atoms with E-state index in [0.29, 0.717) is 5.56 Å². The number of carbonyl (C=O) groups excluding carboxylic acids is 1. The van der Waals surface area contributed by atoms with Crippen molar-refractivity contribution >= 4 is 28.1 Å². The third-order valence-corrected chi connectivity index (χ3v) is 3.19. The Labute approximate surface area is 117 Å². The fourth-order valence-electron chi connectivity index (χ4n) is 2.18. The van der Waals surface area contributed by atoms with Crippen molar-refractivity contribution in [3.8, 4) is 0 Å². The highest BCUT2D eigenvalue weighted by molar-refractivity contribution is 5.94. The van der Waals surface area contributed by atoms with Crippen molar-refractivity contribution in [1.82, 2.24) is 0 Å². The van der Waals surface area contributed by atoms with Crippen molar-refractivity contribution in [2.45, 2.75) is 0 Å². The third-order valence-electron chi connectivity index (χ3n) is 3.19. The Morgan fingerprint density at radius 3 is 2.35 bits per heavy atom.